The summed E-state index contributed by atoms with van der Waals surface area (Å²) in [5, 5.41) is 0. The zero-order chi connectivity index (χ0) is 8.97. The van der Waals surface area contributed by atoms with Gasteiger partial charge in [0.2, 0.25) is 0 Å². The van der Waals surface area contributed by atoms with Gasteiger partial charge in [0.05, 0.1) is 0 Å². The highest BCUT2D eigenvalue weighted by Gasteiger charge is 2.21. The van der Waals surface area contributed by atoms with Crippen LogP contribution in [0.1, 0.15) is 39.5 Å². The molecule has 2 atom stereocenters. The normalized spacial score (nSPS) is 33.2. The minimum absolute atomic E-state index is 1.000. The molecule has 1 heterocycles. The van der Waals surface area contributed by atoms with E-state index in [1.165, 1.54) is 38.8 Å². The fourth-order valence-corrected chi connectivity index (χ4v) is 2.43. The molecule has 0 N–H and O–H groups in total. The van der Waals surface area contributed by atoms with Crippen LogP contribution in [0.5, 0.6) is 0 Å². The maximum absolute atomic E-state index is 2.48. The summed E-state index contributed by atoms with van der Waals surface area (Å²) in [7, 11) is 2.25. The van der Waals surface area contributed by atoms with Crippen LogP contribution in [-0.4, -0.2) is 25.0 Å². The Balaban J connectivity index is 2.47. The van der Waals surface area contributed by atoms with Gasteiger partial charge in [-0.15, -0.1) is 0 Å². The Morgan fingerprint density at radius 1 is 1.00 bits per heavy atom. The smallest absolute Gasteiger partial charge is 0.00190 e. The van der Waals surface area contributed by atoms with Crippen molar-refractivity contribution in [1.29, 1.82) is 0 Å². The highest BCUT2D eigenvalue weighted by Crippen LogP contribution is 2.28. The first-order valence-corrected chi connectivity index (χ1v) is 5.46. The molecule has 72 valence electrons. The molecule has 0 amide bonds. The Labute approximate surface area is 77.1 Å². The summed E-state index contributed by atoms with van der Waals surface area (Å²) < 4.78 is 0. The molecule has 1 aliphatic heterocycles. The van der Waals surface area contributed by atoms with Crippen molar-refractivity contribution in [3.63, 3.8) is 0 Å². The Hall–Kier alpha value is -0.0400. The second-order valence-corrected chi connectivity index (χ2v) is 4.22. The number of nitrogens with zero attached hydrogens (tertiary/aromatic N) is 1. The minimum atomic E-state index is 1.000. The molecule has 0 aromatic rings. The molecule has 0 bridgehead atoms. The summed E-state index contributed by atoms with van der Waals surface area (Å²) in [4.78, 5) is 2.48. The topological polar surface area (TPSA) is 3.24 Å². The predicted octanol–water partition coefficient (Wildman–Crippen LogP) is 2.76. The average molecular weight is 169 g/mol. The Kier molecular flexibility index (Phi) is 4.07. The Bertz CT molecular complexity index is 108. The SMILES string of the molecule is CCC1CCN(C)CCC1CC. The lowest BCUT2D eigenvalue weighted by atomic mass is 9.84. The van der Waals surface area contributed by atoms with Crippen molar-refractivity contribution < 1.29 is 0 Å². The first-order valence-electron chi connectivity index (χ1n) is 5.46. The predicted molar refractivity (Wildman–Crippen MR) is 54.3 cm³/mol. The molecule has 0 aromatic heterocycles. The van der Waals surface area contributed by atoms with Crippen LogP contribution >= 0.6 is 0 Å². The van der Waals surface area contributed by atoms with E-state index < -0.39 is 0 Å². The van der Waals surface area contributed by atoms with Crippen LogP contribution in [0, 0.1) is 11.8 Å². The lowest BCUT2D eigenvalue weighted by molar-refractivity contribution is 0.304. The van der Waals surface area contributed by atoms with Crippen molar-refractivity contribution in [2.75, 3.05) is 20.1 Å². The average Bonchev–Trinajstić information content (AvgIpc) is 2.27. The van der Waals surface area contributed by atoms with Gasteiger partial charge in [-0.2, -0.15) is 0 Å². The maximum Gasteiger partial charge on any atom is -0.00190 e. The van der Waals surface area contributed by atoms with E-state index in [-0.39, 0.29) is 0 Å². The monoisotopic (exact) mass is 169 g/mol. The summed E-state index contributed by atoms with van der Waals surface area (Å²) in [6, 6.07) is 0. The van der Waals surface area contributed by atoms with Crippen LogP contribution in [0.4, 0.5) is 0 Å². The highest BCUT2D eigenvalue weighted by molar-refractivity contribution is 4.74. The number of rotatable bonds is 2. The fourth-order valence-electron chi connectivity index (χ4n) is 2.43. The molecule has 0 aromatic carbocycles. The van der Waals surface area contributed by atoms with E-state index in [2.05, 4.69) is 25.8 Å². The number of hydrogen-bond acceptors (Lipinski definition) is 1. The van der Waals surface area contributed by atoms with Crippen molar-refractivity contribution in [2.45, 2.75) is 39.5 Å². The van der Waals surface area contributed by atoms with Crippen molar-refractivity contribution in [1.82, 2.24) is 4.90 Å². The van der Waals surface area contributed by atoms with Gasteiger partial charge in [-0.3, -0.25) is 0 Å². The summed E-state index contributed by atoms with van der Waals surface area (Å²) in [6.07, 6.45) is 5.61. The van der Waals surface area contributed by atoms with Crippen LogP contribution in [0.25, 0.3) is 0 Å². The van der Waals surface area contributed by atoms with Crippen molar-refractivity contribution in [3.05, 3.63) is 0 Å². The molecular weight excluding hydrogens is 146 g/mol. The Morgan fingerprint density at radius 2 is 1.42 bits per heavy atom. The van der Waals surface area contributed by atoms with Crippen molar-refractivity contribution in [2.24, 2.45) is 11.8 Å². The summed E-state index contributed by atoms with van der Waals surface area (Å²) in [6.45, 7) is 7.32. The van der Waals surface area contributed by atoms with Gasteiger partial charge in [0.25, 0.3) is 0 Å². The number of hydrogen-bond donors (Lipinski definition) is 0. The van der Waals surface area contributed by atoms with Gasteiger partial charge in [-0.25, -0.2) is 0 Å². The van der Waals surface area contributed by atoms with E-state index in [1.807, 2.05) is 0 Å². The molecular formula is C11H23N. The summed E-state index contributed by atoms with van der Waals surface area (Å²) in [5.74, 6) is 2.00. The zero-order valence-electron chi connectivity index (χ0n) is 8.84. The molecule has 0 radical (unpaired) electrons. The first-order chi connectivity index (χ1) is 5.77. The van der Waals surface area contributed by atoms with Gasteiger partial charge < -0.3 is 4.90 Å². The van der Waals surface area contributed by atoms with Gasteiger partial charge in [0.1, 0.15) is 0 Å². The molecule has 0 spiro atoms. The van der Waals surface area contributed by atoms with Crippen molar-refractivity contribution in [3.8, 4) is 0 Å². The van der Waals surface area contributed by atoms with E-state index in [4.69, 9.17) is 0 Å². The van der Waals surface area contributed by atoms with E-state index >= 15 is 0 Å². The van der Waals surface area contributed by atoms with E-state index in [1.54, 1.807) is 0 Å². The minimum Gasteiger partial charge on any atom is -0.306 e. The van der Waals surface area contributed by atoms with E-state index in [9.17, 15) is 0 Å². The molecule has 1 heteroatoms. The zero-order valence-corrected chi connectivity index (χ0v) is 8.84. The third kappa shape index (κ3) is 2.48. The quantitative estimate of drug-likeness (QED) is 0.614. The molecule has 1 nitrogen and oxygen atoms in total. The van der Waals surface area contributed by atoms with Gasteiger partial charge in [-0.1, -0.05) is 26.7 Å². The van der Waals surface area contributed by atoms with Gasteiger partial charge in [0, 0.05) is 0 Å². The third-order valence-electron chi connectivity index (χ3n) is 3.48. The van der Waals surface area contributed by atoms with Crippen LogP contribution in [-0.2, 0) is 0 Å². The van der Waals surface area contributed by atoms with Crippen LogP contribution in [0.15, 0.2) is 0 Å². The van der Waals surface area contributed by atoms with E-state index in [0.717, 1.165) is 11.8 Å². The second kappa shape index (κ2) is 4.86. The van der Waals surface area contributed by atoms with Gasteiger partial charge in [-0.05, 0) is 44.8 Å². The molecule has 0 aliphatic carbocycles. The highest BCUT2D eigenvalue weighted by atomic mass is 15.1. The first kappa shape index (κ1) is 10.0. The Morgan fingerprint density at radius 3 is 1.75 bits per heavy atom. The van der Waals surface area contributed by atoms with Gasteiger partial charge in [0.15, 0.2) is 0 Å². The van der Waals surface area contributed by atoms with Crippen LogP contribution in [0.2, 0.25) is 0 Å². The standard InChI is InChI=1S/C11H23N/c1-4-10-6-8-12(3)9-7-11(10)5-2/h10-11H,4-9H2,1-3H3. The summed E-state index contributed by atoms with van der Waals surface area (Å²) >= 11 is 0. The van der Waals surface area contributed by atoms with Crippen molar-refractivity contribution >= 4 is 0 Å². The molecule has 0 saturated carbocycles. The molecule has 2 unspecified atom stereocenters. The third-order valence-corrected chi connectivity index (χ3v) is 3.48. The largest absolute Gasteiger partial charge is 0.306 e. The van der Waals surface area contributed by atoms with Crippen LogP contribution in [0.3, 0.4) is 0 Å². The lowest BCUT2D eigenvalue weighted by Crippen LogP contribution is -2.18. The molecule has 12 heavy (non-hydrogen) atoms. The maximum atomic E-state index is 2.48. The second-order valence-electron chi connectivity index (χ2n) is 4.22. The molecule has 1 rings (SSSR count). The lowest BCUT2D eigenvalue weighted by Gasteiger charge is -2.21. The van der Waals surface area contributed by atoms with Crippen LogP contribution < -0.4 is 0 Å². The number of likely N-dealkylation sites (tertiary alicyclic amines) is 1. The molecule has 1 aliphatic rings. The van der Waals surface area contributed by atoms with E-state index in [0.29, 0.717) is 0 Å². The molecule has 1 saturated heterocycles. The molecule has 1 fully saturated rings. The van der Waals surface area contributed by atoms with Gasteiger partial charge >= 0.3 is 0 Å². The summed E-state index contributed by atoms with van der Waals surface area (Å²) in [5.41, 5.74) is 0. The fraction of sp³-hybridized carbons (Fsp3) is 1.00.